The second-order valence-corrected chi connectivity index (χ2v) is 6.38. The van der Waals surface area contributed by atoms with Gasteiger partial charge in [-0.05, 0) is 49.6 Å². The predicted molar refractivity (Wildman–Crippen MR) is 99.8 cm³/mol. The van der Waals surface area contributed by atoms with Gasteiger partial charge in [-0.2, -0.15) is 0 Å². The van der Waals surface area contributed by atoms with Gasteiger partial charge in [0.2, 0.25) is 5.91 Å². The average Bonchev–Trinajstić information content (AvgIpc) is 3.48. The fraction of sp³-hybridized carbons (Fsp3) is 0.263. The van der Waals surface area contributed by atoms with Crippen molar-refractivity contribution in [1.29, 1.82) is 0 Å². The molecule has 0 radical (unpaired) electrons. The summed E-state index contributed by atoms with van der Waals surface area (Å²) in [6.07, 6.45) is 1.84. The minimum atomic E-state index is -0.506. The lowest BCUT2D eigenvalue weighted by Crippen LogP contribution is -2.20. The van der Waals surface area contributed by atoms with Crippen molar-refractivity contribution in [2.45, 2.75) is 19.8 Å². The number of benzene rings is 2. The van der Waals surface area contributed by atoms with Gasteiger partial charge in [0.05, 0.1) is 4.92 Å². The summed E-state index contributed by atoms with van der Waals surface area (Å²) in [5.41, 5.74) is 2.07. The van der Waals surface area contributed by atoms with E-state index in [0.717, 1.165) is 18.4 Å². The van der Waals surface area contributed by atoms with Crippen molar-refractivity contribution < 1.29 is 19.2 Å². The number of nitrogens with zero attached hydrogens (tertiary/aromatic N) is 1. The SMILES string of the molecule is Cc1ccc(NC(=O)COc2ccc([N+](=O)[O-])cc2)cc1NC(=O)C1CC1. The lowest BCUT2D eigenvalue weighted by molar-refractivity contribution is -0.384. The van der Waals surface area contributed by atoms with E-state index in [1.807, 2.05) is 13.0 Å². The normalized spacial score (nSPS) is 12.9. The Hall–Kier alpha value is -3.42. The summed E-state index contributed by atoms with van der Waals surface area (Å²) in [6, 6.07) is 10.7. The number of anilines is 2. The van der Waals surface area contributed by atoms with E-state index in [1.165, 1.54) is 24.3 Å². The Bertz CT molecular complexity index is 875. The number of nitro groups is 1. The molecule has 2 amide bonds. The van der Waals surface area contributed by atoms with Gasteiger partial charge in [-0.1, -0.05) is 6.07 Å². The van der Waals surface area contributed by atoms with E-state index < -0.39 is 4.92 Å². The number of nitrogens with one attached hydrogen (secondary N) is 2. The summed E-state index contributed by atoms with van der Waals surface area (Å²) < 4.78 is 5.33. The van der Waals surface area contributed by atoms with E-state index in [1.54, 1.807) is 12.1 Å². The van der Waals surface area contributed by atoms with Crippen LogP contribution < -0.4 is 15.4 Å². The number of nitro benzene ring substituents is 1. The number of amides is 2. The molecule has 27 heavy (non-hydrogen) atoms. The third-order valence-electron chi connectivity index (χ3n) is 4.14. The number of carbonyl (C=O) groups is 2. The first-order valence-corrected chi connectivity index (χ1v) is 8.51. The maximum atomic E-state index is 12.1. The Kier molecular flexibility index (Phi) is 5.35. The standard InChI is InChI=1S/C19H19N3O5/c1-12-2-5-14(10-17(12)21-19(24)13-3-4-13)20-18(23)11-27-16-8-6-15(7-9-16)22(25)26/h2,5-10,13H,3-4,11H2,1H3,(H,20,23)(H,21,24). The number of rotatable bonds is 7. The highest BCUT2D eigenvalue weighted by molar-refractivity contribution is 5.96. The van der Waals surface area contributed by atoms with E-state index in [0.29, 0.717) is 17.1 Å². The van der Waals surface area contributed by atoms with E-state index in [2.05, 4.69) is 10.6 Å². The van der Waals surface area contributed by atoms with Crippen molar-refractivity contribution in [1.82, 2.24) is 0 Å². The Balaban J connectivity index is 1.55. The van der Waals surface area contributed by atoms with Gasteiger partial charge in [0.15, 0.2) is 6.61 Å². The lowest BCUT2D eigenvalue weighted by atomic mass is 10.1. The van der Waals surface area contributed by atoms with Crippen LogP contribution in [-0.4, -0.2) is 23.3 Å². The van der Waals surface area contributed by atoms with Crippen molar-refractivity contribution in [3.8, 4) is 5.75 Å². The third kappa shape index (κ3) is 5.04. The highest BCUT2D eigenvalue weighted by Crippen LogP contribution is 2.31. The van der Waals surface area contributed by atoms with Crippen LogP contribution >= 0.6 is 0 Å². The van der Waals surface area contributed by atoms with E-state index >= 15 is 0 Å². The number of non-ortho nitro benzene ring substituents is 1. The molecule has 0 aliphatic heterocycles. The van der Waals surface area contributed by atoms with Gasteiger partial charge in [-0.3, -0.25) is 19.7 Å². The Morgan fingerprint density at radius 2 is 1.85 bits per heavy atom. The smallest absolute Gasteiger partial charge is 0.269 e. The first-order chi connectivity index (χ1) is 12.9. The van der Waals surface area contributed by atoms with E-state index in [-0.39, 0.29) is 30.0 Å². The van der Waals surface area contributed by atoms with Crippen LogP contribution in [0.4, 0.5) is 17.1 Å². The molecule has 0 saturated heterocycles. The third-order valence-corrected chi connectivity index (χ3v) is 4.14. The van der Waals surface area contributed by atoms with Crippen molar-refractivity contribution in [2.75, 3.05) is 17.2 Å². The van der Waals surface area contributed by atoms with Crippen molar-refractivity contribution in [3.05, 3.63) is 58.1 Å². The van der Waals surface area contributed by atoms with Gasteiger partial charge in [-0.25, -0.2) is 0 Å². The minimum absolute atomic E-state index is 0.00285. The molecular weight excluding hydrogens is 350 g/mol. The summed E-state index contributed by atoms with van der Waals surface area (Å²) >= 11 is 0. The zero-order valence-corrected chi connectivity index (χ0v) is 14.7. The molecule has 3 rings (SSSR count). The van der Waals surface area contributed by atoms with Crippen LogP contribution in [0.25, 0.3) is 0 Å². The molecule has 1 aliphatic rings. The zero-order valence-electron chi connectivity index (χ0n) is 14.7. The van der Waals surface area contributed by atoms with Crippen LogP contribution in [0.5, 0.6) is 5.75 Å². The highest BCUT2D eigenvalue weighted by Gasteiger charge is 2.29. The number of ether oxygens (including phenoxy) is 1. The first kappa shape index (κ1) is 18.4. The molecule has 1 saturated carbocycles. The summed E-state index contributed by atoms with van der Waals surface area (Å²) in [4.78, 5) is 34.1. The van der Waals surface area contributed by atoms with Crippen LogP contribution in [0.1, 0.15) is 18.4 Å². The largest absolute Gasteiger partial charge is 0.484 e. The monoisotopic (exact) mass is 369 g/mol. The van der Waals surface area contributed by atoms with Crippen molar-refractivity contribution in [2.24, 2.45) is 5.92 Å². The Morgan fingerprint density at radius 1 is 1.15 bits per heavy atom. The second-order valence-electron chi connectivity index (χ2n) is 6.38. The van der Waals surface area contributed by atoms with Crippen LogP contribution in [0.3, 0.4) is 0 Å². The molecular formula is C19H19N3O5. The molecule has 0 aromatic heterocycles. The number of hydrogen-bond acceptors (Lipinski definition) is 5. The fourth-order valence-corrected chi connectivity index (χ4v) is 2.42. The van der Waals surface area contributed by atoms with Crippen LogP contribution in [0.2, 0.25) is 0 Å². The molecule has 2 aromatic carbocycles. The summed E-state index contributed by atoms with van der Waals surface area (Å²) in [5, 5.41) is 16.2. The van der Waals surface area contributed by atoms with Gasteiger partial charge in [0, 0.05) is 29.4 Å². The average molecular weight is 369 g/mol. The van der Waals surface area contributed by atoms with Gasteiger partial charge >= 0.3 is 0 Å². The molecule has 0 heterocycles. The van der Waals surface area contributed by atoms with Crippen LogP contribution in [0.15, 0.2) is 42.5 Å². The maximum Gasteiger partial charge on any atom is 0.269 e. The lowest BCUT2D eigenvalue weighted by Gasteiger charge is -2.12. The molecule has 1 aliphatic carbocycles. The molecule has 140 valence electrons. The predicted octanol–water partition coefficient (Wildman–Crippen LogP) is 3.27. The molecule has 2 aromatic rings. The quantitative estimate of drug-likeness (QED) is 0.575. The van der Waals surface area contributed by atoms with Crippen LogP contribution in [-0.2, 0) is 9.59 Å². The van der Waals surface area contributed by atoms with E-state index in [4.69, 9.17) is 4.74 Å². The first-order valence-electron chi connectivity index (χ1n) is 8.51. The number of aryl methyl sites for hydroxylation is 1. The zero-order chi connectivity index (χ0) is 19.4. The van der Waals surface area contributed by atoms with Crippen molar-refractivity contribution >= 4 is 28.9 Å². The Labute approximate surface area is 155 Å². The van der Waals surface area contributed by atoms with Gasteiger partial charge < -0.3 is 15.4 Å². The molecule has 2 N–H and O–H groups in total. The highest BCUT2D eigenvalue weighted by atomic mass is 16.6. The summed E-state index contributed by atoms with van der Waals surface area (Å²) in [6.45, 7) is 1.64. The van der Waals surface area contributed by atoms with Gasteiger partial charge in [-0.15, -0.1) is 0 Å². The number of hydrogen-bond donors (Lipinski definition) is 2. The number of carbonyl (C=O) groups excluding carboxylic acids is 2. The molecule has 0 bridgehead atoms. The molecule has 8 heteroatoms. The van der Waals surface area contributed by atoms with E-state index in [9.17, 15) is 19.7 Å². The Morgan fingerprint density at radius 3 is 2.48 bits per heavy atom. The molecule has 0 atom stereocenters. The molecule has 1 fully saturated rings. The van der Waals surface area contributed by atoms with Gasteiger partial charge in [0.25, 0.3) is 11.6 Å². The second kappa shape index (κ2) is 7.86. The topological polar surface area (TPSA) is 111 Å². The van der Waals surface area contributed by atoms with Gasteiger partial charge in [0.1, 0.15) is 5.75 Å². The van der Waals surface area contributed by atoms with Crippen molar-refractivity contribution in [3.63, 3.8) is 0 Å². The maximum absolute atomic E-state index is 12.1. The fourth-order valence-electron chi connectivity index (χ4n) is 2.42. The minimum Gasteiger partial charge on any atom is -0.484 e. The molecule has 0 spiro atoms. The molecule has 0 unspecified atom stereocenters. The summed E-state index contributed by atoms with van der Waals surface area (Å²) in [7, 11) is 0. The summed E-state index contributed by atoms with van der Waals surface area (Å²) in [5.74, 6) is 0.0783. The van der Waals surface area contributed by atoms with Crippen LogP contribution in [0, 0.1) is 23.0 Å². The molecule has 8 nitrogen and oxygen atoms in total.